The maximum atomic E-state index is 6.05. The molecule has 0 aliphatic heterocycles. The summed E-state index contributed by atoms with van der Waals surface area (Å²) < 4.78 is 5.62. The Kier molecular flexibility index (Phi) is 4.81. The lowest BCUT2D eigenvalue weighted by Crippen LogP contribution is -2.52. The maximum absolute atomic E-state index is 6.05. The highest BCUT2D eigenvalue weighted by Crippen LogP contribution is 2.35. The molecular formula is C15H26N4O. The molecule has 5 nitrogen and oxygen atoms in total. The first-order chi connectivity index (χ1) is 9.55. The van der Waals surface area contributed by atoms with Gasteiger partial charge in [-0.3, -0.25) is 0 Å². The smallest absolute Gasteiger partial charge is 0.226 e. The summed E-state index contributed by atoms with van der Waals surface area (Å²) >= 11 is 0. The molecule has 1 fully saturated rings. The molecule has 1 aliphatic carbocycles. The topological polar surface area (TPSA) is 73.1 Å². The third-order valence-electron chi connectivity index (χ3n) is 4.16. The molecular weight excluding hydrogens is 252 g/mol. The van der Waals surface area contributed by atoms with Crippen molar-refractivity contribution in [2.75, 3.05) is 11.9 Å². The third kappa shape index (κ3) is 3.39. The number of hydrogen-bond donors (Lipinski definition) is 2. The van der Waals surface area contributed by atoms with Gasteiger partial charge in [0.2, 0.25) is 11.8 Å². The van der Waals surface area contributed by atoms with Crippen LogP contribution in [-0.4, -0.2) is 28.2 Å². The third-order valence-corrected chi connectivity index (χ3v) is 4.16. The van der Waals surface area contributed by atoms with Crippen LogP contribution in [0.25, 0.3) is 0 Å². The van der Waals surface area contributed by atoms with Gasteiger partial charge in [0.25, 0.3) is 0 Å². The number of ether oxygens (including phenoxy) is 1. The van der Waals surface area contributed by atoms with Crippen LogP contribution in [0.3, 0.4) is 0 Å². The summed E-state index contributed by atoms with van der Waals surface area (Å²) in [4.78, 5) is 8.74. The van der Waals surface area contributed by atoms with Gasteiger partial charge in [-0.15, -0.1) is 0 Å². The van der Waals surface area contributed by atoms with E-state index in [1.54, 1.807) is 12.3 Å². The molecule has 0 spiro atoms. The predicted molar refractivity (Wildman–Crippen MR) is 80.8 cm³/mol. The lowest BCUT2D eigenvalue weighted by Gasteiger charge is -2.42. The highest BCUT2D eigenvalue weighted by molar-refractivity contribution is 5.33. The first-order valence-electron chi connectivity index (χ1n) is 7.54. The van der Waals surface area contributed by atoms with E-state index in [4.69, 9.17) is 10.5 Å². The Morgan fingerprint density at radius 1 is 1.50 bits per heavy atom. The van der Waals surface area contributed by atoms with E-state index in [1.807, 2.05) is 13.8 Å². The second-order valence-corrected chi connectivity index (χ2v) is 6.02. The Bertz CT molecular complexity index is 438. The van der Waals surface area contributed by atoms with Crippen molar-refractivity contribution in [2.24, 2.45) is 11.7 Å². The number of anilines is 1. The molecule has 3 N–H and O–H groups in total. The molecule has 0 aromatic carbocycles. The lowest BCUT2D eigenvalue weighted by atomic mass is 9.73. The van der Waals surface area contributed by atoms with Crippen LogP contribution in [0.5, 0.6) is 5.88 Å². The van der Waals surface area contributed by atoms with E-state index in [2.05, 4.69) is 22.2 Å². The first-order valence-corrected chi connectivity index (χ1v) is 7.54. The fraction of sp³-hybridized carbons (Fsp3) is 0.733. The summed E-state index contributed by atoms with van der Waals surface area (Å²) in [6.07, 6.45) is 6.59. The van der Waals surface area contributed by atoms with Crippen LogP contribution in [0.2, 0.25) is 0 Å². The molecule has 2 unspecified atom stereocenters. The van der Waals surface area contributed by atoms with Crippen LogP contribution in [0.15, 0.2) is 12.3 Å². The SMILES string of the molecule is CC(C)Oc1ccnc(NC2(CN)CCCCC2C)n1. The lowest BCUT2D eigenvalue weighted by molar-refractivity contribution is 0.227. The van der Waals surface area contributed by atoms with Crippen molar-refractivity contribution in [2.45, 2.75) is 58.1 Å². The predicted octanol–water partition coefficient (Wildman–Crippen LogP) is 2.58. The summed E-state index contributed by atoms with van der Waals surface area (Å²) in [7, 11) is 0. The standard InChI is InChI=1S/C15H26N4O/c1-11(2)20-13-7-9-17-14(18-13)19-15(10-16)8-5-4-6-12(15)3/h7,9,11-12H,4-6,8,10,16H2,1-3H3,(H,17,18,19). The van der Waals surface area contributed by atoms with E-state index in [9.17, 15) is 0 Å². The molecule has 0 saturated heterocycles. The van der Waals surface area contributed by atoms with Crippen LogP contribution >= 0.6 is 0 Å². The van der Waals surface area contributed by atoms with Gasteiger partial charge in [0.05, 0.1) is 11.6 Å². The van der Waals surface area contributed by atoms with Crippen molar-refractivity contribution in [1.29, 1.82) is 0 Å². The summed E-state index contributed by atoms with van der Waals surface area (Å²) in [5, 5.41) is 3.48. The average Bonchev–Trinajstić information content (AvgIpc) is 2.41. The van der Waals surface area contributed by atoms with Crippen molar-refractivity contribution in [1.82, 2.24) is 9.97 Å². The van der Waals surface area contributed by atoms with Gasteiger partial charge in [-0.1, -0.05) is 19.8 Å². The van der Waals surface area contributed by atoms with Gasteiger partial charge < -0.3 is 15.8 Å². The first kappa shape index (κ1) is 15.0. The molecule has 1 aliphatic rings. The summed E-state index contributed by atoms with van der Waals surface area (Å²) in [5.41, 5.74) is 5.96. The van der Waals surface area contributed by atoms with E-state index in [-0.39, 0.29) is 11.6 Å². The monoisotopic (exact) mass is 278 g/mol. The van der Waals surface area contributed by atoms with Gasteiger partial charge >= 0.3 is 0 Å². The molecule has 0 bridgehead atoms. The molecule has 1 saturated carbocycles. The number of aromatic nitrogens is 2. The van der Waals surface area contributed by atoms with E-state index in [0.717, 1.165) is 6.42 Å². The number of hydrogen-bond acceptors (Lipinski definition) is 5. The second kappa shape index (κ2) is 6.39. The Hall–Kier alpha value is -1.36. The van der Waals surface area contributed by atoms with Gasteiger partial charge in [-0.05, 0) is 32.6 Å². The fourth-order valence-electron chi connectivity index (χ4n) is 2.89. The Morgan fingerprint density at radius 3 is 2.95 bits per heavy atom. The molecule has 112 valence electrons. The minimum Gasteiger partial charge on any atom is -0.475 e. The normalized spacial score (nSPS) is 26.6. The minimum atomic E-state index is -0.0886. The molecule has 1 aromatic heterocycles. The zero-order chi connectivity index (χ0) is 14.6. The Labute approximate surface area is 121 Å². The number of nitrogens with zero attached hydrogens (tertiary/aromatic N) is 2. The molecule has 2 atom stereocenters. The van der Waals surface area contributed by atoms with E-state index in [1.165, 1.54) is 19.3 Å². The average molecular weight is 278 g/mol. The number of nitrogens with one attached hydrogen (secondary N) is 1. The quantitative estimate of drug-likeness (QED) is 0.866. The largest absolute Gasteiger partial charge is 0.475 e. The zero-order valence-corrected chi connectivity index (χ0v) is 12.7. The highest BCUT2D eigenvalue weighted by atomic mass is 16.5. The molecule has 1 aromatic rings. The minimum absolute atomic E-state index is 0.0886. The summed E-state index contributed by atoms with van der Waals surface area (Å²) in [5.74, 6) is 1.75. The van der Waals surface area contributed by atoms with Gasteiger partial charge in [0, 0.05) is 18.8 Å². The summed E-state index contributed by atoms with van der Waals surface area (Å²) in [6.45, 7) is 6.83. The van der Waals surface area contributed by atoms with Crippen molar-refractivity contribution in [3.8, 4) is 5.88 Å². The molecule has 1 heterocycles. The van der Waals surface area contributed by atoms with Crippen LogP contribution in [0.4, 0.5) is 5.95 Å². The van der Waals surface area contributed by atoms with Crippen molar-refractivity contribution in [3.05, 3.63) is 12.3 Å². The number of nitrogens with two attached hydrogens (primary N) is 1. The van der Waals surface area contributed by atoms with Gasteiger partial charge in [-0.2, -0.15) is 4.98 Å². The van der Waals surface area contributed by atoms with E-state index >= 15 is 0 Å². The number of rotatable bonds is 5. The molecule has 0 radical (unpaired) electrons. The molecule has 20 heavy (non-hydrogen) atoms. The summed E-state index contributed by atoms with van der Waals surface area (Å²) in [6, 6.07) is 1.78. The van der Waals surface area contributed by atoms with Gasteiger partial charge in [0.1, 0.15) is 0 Å². The van der Waals surface area contributed by atoms with Crippen LogP contribution in [-0.2, 0) is 0 Å². The Balaban J connectivity index is 2.14. The van der Waals surface area contributed by atoms with Gasteiger partial charge in [-0.25, -0.2) is 4.98 Å². The van der Waals surface area contributed by atoms with Crippen LogP contribution < -0.4 is 15.8 Å². The van der Waals surface area contributed by atoms with Gasteiger partial charge in [0.15, 0.2) is 0 Å². The maximum Gasteiger partial charge on any atom is 0.226 e. The van der Waals surface area contributed by atoms with E-state index in [0.29, 0.717) is 24.3 Å². The van der Waals surface area contributed by atoms with Crippen LogP contribution in [0, 0.1) is 5.92 Å². The van der Waals surface area contributed by atoms with Crippen molar-refractivity contribution >= 4 is 5.95 Å². The zero-order valence-electron chi connectivity index (χ0n) is 12.7. The Morgan fingerprint density at radius 2 is 2.30 bits per heavy atom. The highest BCUT2D eigenvalue weighted by Gasteiger charge is 2.37. The second-order valence-electron chi connectivity index (χ2n) is 6.02. The molecule has 2 rings (SSSR count). The molecule has 0 amide bonds. The van der Waals surface area contributed by atoms with Crippen molar-refractivity contribution < 1.29 is 4.74 Å². The van der Waals surface area contributed by atoms with Crippen molar-refractivity contribution in [3.63, 3.8) is 0 Å². The fourth-order valence-corrected chi connectivity index (χ4v) is 2.89. The van der Waals surface area contributed by atoms with E-state index < -0.39 is 0 Å². The molecule has 5 heteroatoms. The van der Waals surface area contributed by atoms with Crippen LogP contribution in [0.1, 0.15) is 46.5 Å².